The zero-order chi connectivity index (χ0) is 14.7. The first-order chi connectivity index (χ1) is 10.2. The predicted octanol–water partition coefficient (Wildman–Crippen LogP) is 2.89. The van der Waals surface area contributed by atoms with Crippen LogP contribution in [0.15, 0.2) is 47.1 Å². The molecule has 0 atom stereocenters. The summed E-state index contributed by atoms with van der Waals surface area (Å²) in [7, 11) is 0. The van der Waals surface area contributed by atoms with Gasteiger partial charge in [-0.3, -0.25) is 9.69 Å². The molecular formula is C16H17ClN2O2. The van der Waals surface area contributed by atoms with E-state index in [1.54, 1.807) is 18.4 Å². The van der Waals surface area contributed by atoms with Crippen LogP contribution in [0.5, 0.6) is 0 Å². The summed E-state index contributed by atoms with van der Waals surface area (Å²) in [4.78, 5) is 16.6. The van der Waals surface area contributed by atoms with E-state index in [2.05, 4.69) is 4.90 Å². The molecule has 0 aliphatic carbocycles. The Morgan fingerprint density at radius 2 is 1.95 bits per heavy atom. The zero-order valence-corrected chi connectivity index (χ0v) is 12.4. The molecule has 2 heterocycles. The molecule has 5 heteroatoms. The van der Waals surface area contributed by atoms with E-state index in [4.69, 9.17) is 16.0 Å². The van der Waals surface area contributed by atoms with Crippen LogP contribution < -0.4 is 0 Å². The standard InChI is InChI=1S/C16H17ClN2O2/c17-14-4-1-3-13(11-14)16(20)19-8-6-18(7-9-19)12-15-5-2-10-21-15/h1-5,10-11H,6-9,12H2. The zero-order valence-electron chi connectivity index (χ0n) is 11.7. The summed E-state index contributed by atoms with van der Waals surface area (Å²) in [5.41, 5.74) is 0.655. The largest absolute Gasteiger partial charge is 0.468 e. The van der Waals surface area contributed by atoms with Crippen molar-refractivity contribution in [3.8, 4) is 0 Å². The van der Waals surface area contributed by atoms with Gasteiger partial charge in [0.15, 0.2) is 0 Å². The summed E-state index contributed by atoms with van der Waals surface area (Å²) in [5, 5.41) is 0.595. The average molecular weight is 305 g/mol. The minimum Gasteiger partial charge on any atom is -0.468 e. The van der Waals surface area contributed by atoms with Crippen molar-refractivity contribution in [2.24, 2.45) is 0 Å². The lowest BCUT2D eigenvalue weighted by Gasteiger charge is -2.34. The van der Waals surface area contributed by atoms with E-state index in [0.717, 1.165) is 38.5 Å². The Morgan fingerprint density at radius 1 is 1.14 bits per heavy atom. The van der Waals surface area contributed by atoms with Crippen molar-refractivity contribution < 1.29 is 9.21 Å². The maximum Gasteiger partial charge on any atom is 0.253 e. The van der Waals surface area contributed by atoms with Gasteiger partial charge in [0.2, 0.25) is 0 Å². The van der Waals surface area contributed by atoms with Gasteiger partial charge in [0.25, 0.3) is 5.91 Å². The Morgan fingerprint density at radius 3 is 2.62 bits per heavy atom. The molecule has 4 nitrogen and oxygen atoms in total. The number of amides is 1. The molecule has 1 aromatic carbocycles. The van der Waals surface area contributed by atoms with Crippen molar-refractivity contribution in [3.05, 3.63) is 59.0 Å². The fourth-order valence-electron chi connectivity index (χ4n) is 2.54. The van der Waals surface area contributed by atoms with E-state index in [1.807, 2.05) is 29.2 Å². The quantitative estimate of drug-likeness (QED) is 0.875. The van der Waals surface area contributed by atoms with Crippen LogP contribution in [0.2, 0.25) is 5.02 Å². The molecule has 21 heavy (non-hydrogen) atoms. The molecule has 1 amide bonds. The molecule has 0 N–H and O–H groups in total. The number of benzene rings is 1. The van der Waals surface area contributed by atoms with E-state index >= 15 is 0 Å². The van der Waals surface area contributed by atoms with Crippen molar-refractivity contribution in [2.75, 3.05) is 26.2 Å². The first-order valence-corrected chi connectivity index (χ1v) is 7.40. The maximum absolute atomic E-state index is 12.4. The van der Waals surface area contributed by atoms with E-state index in [0.29, 0.717) is 10.6 Å². The molecule has 1 aliphatic rings. The smallest absolute Gasteiger partial charge is 0.253 e. The second-order valence-electron chi connectivity index (χ2n) is 5.16. The highest BCUT2D eigenvalue weighted by Crippen LogP contribution is 2.15. The van der Waals surface area contributed by atoms with Crippen molar-refractivity contribution >= 4 is 17.5 Å². The second kappa shape index (κ2) is 6.33. The lowest BCUT2D eigenvalue weighted by Crippen LogP contribution is -2.48. The summed E-state index contributed by atoms with van der Waals surface area (Å²) >= 11 is 5.94. The highest BCUT2D eigenvalue weighted by Gasteiger charge is 2.22. The third-order valence-electron chi connectivity index (χ3n) is 3.69. The van der Waals surface area contributed by atoms with Gasteiger partial charge in [0, 0.05) is 36.8 Å². The van der Waals surface area contributed by atoms with Gasteiger partial charge in [-0.2, -0.15) is 0 Å². The molecule has 110 valence electrons. The lowest BCUT2D eigenvalue weighted by atomic mass is 10.2. The number of nitrogens with zero attached hydrogens (tertiary/aromatic N) is 2. The molecule has 3 rings (SSSR count). The van der Waals surface area contributed by atoms with Crippen LogP contribution in [0, 0.1) is 0 Å². The Bertz CT molecular complexity index is 604. The van der Waals surface area contributed by atoms with Crippen LogP contribution in [-0.4, -0.2) is 41.9 Å². The highest BCUT2D eigenvalue weighted by molar-refractivity contribution is 6.30. The summed E-state index contributed by atoms with van der Waals surface area (Å²) in [6.07, 6.45) is 1.69. The molecule has 1 aliphatic heterocycles. The number of furan rings is 1. The number of halogens is 1. The fraction of sp³-hybridized carbons (Fsp3) is 0.312. The average Bonchev–Trinajstić information content (AvgIpc) is 3.00. The number of hydrogen-bond donors (Lipinski definition) is 0. The Hall–Kier alpha value is -1.78. The third-order valence-corrected chi connectivity index (χ3v) is 3.93. The molecule has 0 unspecified atom stereocenters. The molecule has 1 aromatic heterocycles. The molecule has 2 aromatic rings. The molecular weight excluding hydrogens is 288 g/mol. The number of rotatable bonds is 3. The van der Waals surface area contributed by atoms with Gasteiger partial charge in [-0.05, 0) is 30.3 Å². The van der Waals surface area contributed by atoms with E-state index in [-0.39, 0.29) is 5.91 Å². The molecule has 1 saturated heterocycles. The Labute approximate surface area is 128 Å². The van der Waals surface area contributed by atoms with Crippen LogP contribution >= 0.6 is 11.6 Å². The van der Waals surface area contributed by atoms with E-state index in [1.165, 1.54) is 0 Å². The second-order valence-corrected chi connectivity index (χ2v) is 5.59. The van der Waals surface area contributed by atoms with Gasteiger partial charge in [0.05, 0.1) is 12.8 Å². The number of carbonyl (C=O) groups is 1. The van der Waals surface area contributed by atoms with Crippen molar-refractivity contribution in [1.82, 2.24) is 9.80 Å². The molecule has 0 spiro atoms. The maximum atomic E-state index is 12.4. The number of carbonyl (C=O) groups excluding carboxylic acids is 1. The highest BCUT2D eigenvalue weighted by atomic mass is 35.5. The van der Waals surface area contributed by atoms with Crippen LogP contribution in [-0.2, 0) is 6.54 Å². The molecule has 0 saturated carbocycles. The normalized spacial score (nSPS) is 16.1. The van der Waals surface area contributed by atoms with Gasteiger partial charge in [-0.25, -0.2) is 0 Å². The summed E-state index contributed by atoms with van der Waals surface area (Å²) < 4.78 is 5.36. The van der Waals surface area contributed by atoms with Crippen LogP contribution in [0.1, 0.15) is 16.1 Å². The van der Waals surface area contributed by atoms with Crippen LogP contribution in [0.25, 0.3) is 0 Å². The molecule has 0 bridgehead atoms. The number of hydrogen-bond acceptors (Lipinski definition) is 3. The Balaban J connectivity index is 1.57. The molecule has 0 radical (unpaired) electrons. The molecule has 1 fully saturated rings. The number of piperazine rings is 1. The van der Waals surface area contributed by atoms with E-state index < -0.39 is 0 Å². The van der Waals surface area contributed by atoms with Crippen molar-refractivity contribution in [3.63, 3.8) is 0 Å². The van der Waals surface area contributed by atoms with Gasteiger partial charge in [-0.15, -0.1) is 0 Å². The first-order valence-electron chi connectivity index (χ1n) is 7.02. The van der Waals surface area contributed by atoms with Crippen molar-refractivity contribution in [2.45, 2.75) is 6.54 Å². The van der Waals surface area contributed by atoms with Crippen LogP contribution in [0.3, 0.4) is 0 Å². The predicted molar refractivity (Wildman–Crippen MR) is 81.3 cm³/mol. The van der Waals surface area contributed by atoms with Gasteiger partial charge >= 0.3 is 0 Å². The van der Waals surface area contributed by atoms with Gasteiger partial charge < -0.3 is 9.32 Å². The SMILES string of the molecule is O=C(c1cccc(Cl)c1)N1CCN(Cc2ccco2)CC1. The third kappa shape index (κ3) is 3.46. The van der Waals surface area contributed by atoms with E-state index in [9.17, 15) is 4.79 Å². The van der Waals surface area contributed by atoms with Crippen LogP contribution in [0.4, 0.5) is 0 Å². The summed E-state index contributed by atoms with van der Waals surface area (Å²) in [6, 6.07) is 11.0. The minimum absolute atomic E-state index is 0.0511. The monoisotopic (exact) mass is 304 g/mol. The summed E-state index contributed by atoms with van der Waals surface area (Å²) in [5.74, 6) is 1.01. The van der Waals surface area contributed by atoms with Crippen molar-refractivity contribution in [1.29, 1.82) is 0 Å². The topological polar surface area (TPSA) is 36.7 Å². The first kappa shape index (κ1) is 14.2. The minimum atomic E-state index is 0.0511. The Kier molecular flexibility index (Phi) is 4.27. The fourth-order valence-corrected chi connectivity index (χ4v) is 2.73. The lowest BCUT2D eigenvalue weighted by molar-refractivity contribution is 0.0620. The van der Waals surface area contributed by atoms with Gasteiger partial charge in [0.1, 0.15) is 5.76 Å². The van der Waals surface area contributed by atoms with Gasteiger partial charge in [-0.1, -0.05) is 17.7 Å². The summed E-state index contributed by atoms with van der Waals surface area (Å²) in [6.45, 7) is 3.96.